The molecule has 0 spiro atoms. The van der Waals surface area contributed by atoms with Gasteiger partial charge in [0.1, 0.15) is 5.60 Å². The minimum atomic E-state index is -1.71. The topological polar surface area (TPSA) is 96.4 Å². The molecule has 0 aromatic heterocycles. The number of hydrogen-bond acceptors (Lipinski definition) is 6. The van der Waals surface area contributed by atoms with Crippen LogP contribution in [0, 0.1) is 5.92 Å². The van der Waals surface area contributed by atoms with Crippen LogP contribution in [0.25, 0.3) is 0 Å². The molecule has 1 aliphatic carbocycles. The van der Waals surface area contributed by atoms with Crippen molar-refractivity contribution < 1.29 is 29.0 Å². The van der Waals surface area contributed by atoms with E-state index in [-0.39, 0.29) is 12.5 Å². The Morgan fingerprint density at radius 2 is 2.00 bits per heavy atom. The van der Waals surface area contributed by atoms with Crippen molar-refractivity contribution in [3.63, 3.8) is 0 Å². The van der Waals surface area contributed by atoms with Crippen LogP contribution in [0.4, 0.5) is 11.4 Å². The van der Waals surface area contributed by atoms with E-state index < -0.39 is 29.7 Å². The van der Waals surface area contributed by atoms with Gasteiger partial charge in [0.15, 0.2) is 12.2 Å². The fraction of sp³-hybridized carbons (Fsp3) is 0.609. The van der Waals surface area contributed by atoms with Crippen LogP contribution in [0.15, 0.2) is 18.2 Å². The highest BCUT2D eigenvalue weighted by molar-refractivity contribution is 6.02. The van der Waals surface area contributed by atoms with Gasteiger partial charge in [-0.05, 0) is 63.6 Å². The molecule has 8 heteroatoms. The van der Waals surface area contributed by atoms with Gasteiger partial charge in [-0.25, -0.2) is 4.79 Å². The largest absolute Gasteiger partial charge is 0.458 e. The third-order valence-electron chi connectivity index (χ3n) is 5.78. The smallest absolute Gasteiger partial charge is 0.338 e. The quantitative estimate of drug-likeness (QED) is 0.716. The molecule has 8 nitrogen and oxygen atoms in total. The van der Waals surface area contributed by atoms with E-state index in [1.54, 1.807) is 20.8 Å². The van der Waals surface area contributed by atoms with Gasteiger partial charge in [-0.15, -0.1) is 0 Å². The standard InChI is InChI=1S/C23H30N2O6/c1-23(2,3)31-22(29)19(27)20-21(28)24(10-11-30-20)16-8-6-15-7-9-18(26)25(17(15)12-16)13-14-4-5-14/h6,8,12,14,19-20,27H,4-5,7,9-11,13H2,1-3H3/t19-,20-/m1/s1. The molecule has 0 bridgehead atoms. The molecular weight excluding hydrogens is 400 g/mol. The SMILES string of the molecule is CC(C)(C)OC(=O)[C@H](O)[C@H]1OCCN(c2ccc3c(c2)N(CC2CC2)C(=O)CC3)C1=O. The Morgan fingerprint density at radius 3 is 2.68 bits per heavy atom. The van der Waals surface area contributed by atoms with E-state index in [1.807, 2.05) is 23.1 Å². The van der Waals surface area contributed by atoms with Crippen molar-refractivity contribution in [3.05, 3.63) is 23.8 Å². The Labute approximate surface area is 182 Å². The fourth-order valence-corrected chi connectivity index (χ4v) is 4.03. The summed E-state index contributed by atoms with van der Waals surface area (Å²) >= 11 is 0. The highest BCUT2D eigenvalue weighted by atomic mass is 16.6. The average molecular weight is 431 g/mol. The third kappa shape index (κ3) is 4.75. The number of carbonyl (C=O) groups excluding carboxylic acids is 3. The summed E-state index contributed by atoms with van der Waals surface area (Å²) in [5.74, 6) is -0.722. The van der Waals surface area contributed by atoms with Crippen molar-refractivity contribution in [2.75, 3.05) is 29.5 Å². The number of anilines is 2. The summed E-state index contributed by atoms with van der Waals surface area (Å²) in [5.41, 5.74) is 1.79. The Morgan fingerprint density at radius 1 is 1.26 bits per heavy atom. The number of aliphatic hydroxyl groups excluding tert-OH is 1. The van der Waals surface area contributed by atoms with Gasteiger partial charge in [-0.3, -0.25) is 9.59 Å². The zero-order valence-electron chi connectivity index (χ0n) is 18.3. The van der Waals surface area contributed by atoms with E-state index >= 15 is 0 Å². The number of carbonyl (C=O) groups is 3. The normalized spacial score (nSPS) is 22.9. The maximum absolute atomic E-state index is 13.1. The summed E-state index contributed by atoms with van der Waals surface area (Å²) in [7, 11) is 0. The number of aliphatic hydroxyl groups is 1. The zero-order chi connectivity index (χ0) is 22.3. The predicted octanol–water partition coefficient (Wildman–Crippen LogP) is 1.81. The molecule has 2 fully saturated rings. The minimum Gasteiger partial charge on any atom is -0.458 e. The second-order valence-electron chi connectivity index (χ2n) is 9.52. The number of aryl methyl sites for hydroxylation is 1. The van der Waals surface area contributed by atoms with Crippen molar-refractivity contribution in [3.8, 4) is 0 Å². The number of rotatable bonds is 5. The van der Waals surface area contributed by atoms with Crippen LogP contribution in [0.3, 0.4) is 0 Å². The third-order valence-corrected chi connectivity index (χ3v) is 5.78. The molecule has 2 aliphatic heterocycles. The summed E-state index contributed by atoms with van der Waals surface area (Å²) in [6.45, 7) is 6.26. The van der Waals surface area contributed by atoms with Gasteiger partial charge in [-0.1, -0.05) is 6.07 Å². The maximum atomic E-state index is 13.1. The molecule has 0 unspecified atom stereocenters. The van der Waals surface area contributed by atoms with Crippen molar-refractivity contribution in [1.82, 2.24) is 0 Å². The Hall–Kier alpha value is -2.45. The van der Waals surface area contributed by atoms with Crippen LogP contribution < -0.4 is 9.80 Å². The monoisotopic (exact) mass is 430 g/mol. The second-order valence-corrected chi connectivity index (χ2v) is 9.52. The molecule has 1 aromatic carbocycles. The number of nitrogens with zero attached hydrogens (tertiary/aromatic N) is 2. The Bertz CT molecular complexity index is 889. The van der Waals surface area contributed by atoms with Gasteiger partial charge in [-0.2, -0.15) is 0 Å². The zero-order valence-corrected chi connectivity index (χ0v) is 18.3. The second kappa shape index (κ2) is 8.24. The van der Waals surface area contributed by atoms with Gasteiger partial charge < -0.3 is 24.4 Å². The first-order valence-electron chi connectivity index (χ1n) is 10.9. The van der Waals surface area contributed by atoms with E-state index in [9.17, 15) is 19.5 Å². The number of ether oxygens (including phenoxy) is 2. The van der Waals surface area contributed by atoms with Gasteiger partial charge in [0.25, 0.3) is 5.91 Å². The first-order valence-corrected chi connectivity index (χ1v) is 10.9. The summed E-state index contributed by atoms with van der Waals surface area (Å²) in [5, 5.41) is 10.4. The van der Waals surface area contributed by atoms with Crippen LogP contribution >= 0.6 is 0 Å². The van der Waals surface area contributed by atoms with E-state index in [0.29, 0.717) is 37.5 Å². The number of hydrogen-bond donors (Lipinski definition) is 1. The molecule has 1 saturated heterocycles. The molecule has 2 heterocycles. The molecule has 1 saturated carbocycles. The van der Waals surface area contributed by atoms with Crippen LogP contribution in [0.1, 0.15) is 45.6 Å². The van der Waals surface area contributed by atoms with Gasteiger partial charge in [0, 0.05) is 30.9 Å². The average Bonchev–Trinajstić information content (AvgIpc) is 3.52. The van der Waals surface area contributed by atoms with Gasteiger partial charge in [0.2, 0.25) is 5.91 Å². The van der Waals surface area contributed by atoms with Crippen molar-refractivity contribution in [2.45, 2.75) is 64.3 Å². The summed E-state index contributed by atoms with van der Waals surface area (Å²) in [6.07, 6.45) is 0.437. The molecule has 1 N–H and O–H groups in total. The van der Waals surface area contributed by atoms with E-state index in [2.05, 4.69) is 0 Å². The molecule has 2 atom stereocenters. The molecule has 3 aliphatic rings. The molecule has 2 amide bonds. The number of morpholine rings is 1. The number of amides is 2. The maximum Gasteiger partial charge on any atom is 0.338 e. The van der Waals surface area contributed by atoms with Crippen LogP contribution in [0.5, 0.6) is 0 Å². The van der Waals surface area contributed by atoms with Crippen molar-refractivity contribution in [2.24, 2.45) is 5.92 Å². The molecule has 168 valence electrons. The van der Waals surface area contributed by atoms with E-state index in [1.165, 1.54) is 4.90 Å². The van der Waals surface area contributed by atoms with E-state index in [4.69, 9.17) is 9.47 Å². The summed E-state index contributed by atoms with van der Waals surface area (Å²) < 4.78 is 10.6. The number of esters is 1. The lowest BCUT2D eigenvalue weighted by molar-refractivity contribution is -0.177. The van der Waals surface area contributed by atoms with Crippen LogP contribution in [-0.4, -0.2) is 60.4 Å². The number of benzene rings is 1. The minimum absolute atomic E-state index is 0.114. The van der Waals surface area contributed by atoms with E-state index in [0.717, 1.165) is 24.1 Å². The Balaban J connectivity index is 1.55. The Kier molecular flexibility index (Phi) is 5.79. The number of fused-ring (bicyclic) bond motifs is 1. The highest BCUT2D eigenvalue weighted by Crippen LogP contribution is 2.37. The lowest BCUT2D eigenvalue weighted by Crippen LogP contribution is -2.55. The predicted molar refractivity (Wildman–Crippen MR) is 114 cm³/mol. The van der Waals surface area contributed by atoms with Gasteiger partial charge in [0.05, 0.1) is 6.61 Å². The summed E-state index contributed by atoms with van der Waals surface area (Å²) in [6, 6.07) is 5.68. The van der Waals surface area contributed by atoms with Crippen molar-refractivity contribution in [1.29, 1.82) is 0 Å². The van der Waals surface area contributed by atoms with Crippen molar-refractivity contribution >= 4 is 29.2 Å². The van der Waals surface area contributed by atoms with Crippen LogP contribution in [-0.2, 0) is 30.3 Å². The van der Waals surface area contributed by atoms with Crippen LogP contribution in [0.2, 0.25) is 0 Å². The molecule has 0 radical (unpaired) electrons. The first-order chi connectivity index (χ1) is 14.6. The first kappa shape index (κ1) is 21.8. The lowest BCUT2D eigenvalue weighted by Gasteiger charge is -2.36. The molecular formula is C23H30N2O6. The molecule has 31 heavy (non-hydrogen) atoms. The van der Waals surface area contributed by atoms with Gasteiger partial charge >= 0.3 is 5.97 Å². The highest BCUT2D eigenvalue weighted by Gasteiger charge is 2.41. The fourth-order valence-electron chi connectivity index (χ4n) is 4.03. The summed E-state index contributed by atoms with van der Waals surface area (Å²) in [4.78, 5) is 41.2. The lowest BCUT2D eigenvalue weighted by atomic mass is 9.99. The molecule has 4 rings (SSSR count). The molecule has 1 aromatic rings.